The Morgan fingerprint density at radius 3 is 2.80 bits per heavy atom. The average Bonchev–Trinajstić information content (AvgIpc) is 2.89. The van der Waals surface area contributed by atoms with Crippen LogP contribution < -0.4 is 11.1 Å². The van der Waals surface area contributed by atoms with Crippen molar-refractivity contribution < 1.29 is 9.21 Å². The summed E-state index contributed by atoms with van der Waals surface area (Å²) in [5.74, 6) is 0.572. The maximum absolute atomic E-state index is 11.3. The van der Waals surface area contributed by atoms with E-state index < -0.39 is 0 Å². The maximum Gasteiger partial charge on any atom is 0.226 e. The van der Waals surface area contributed by atoms with Gasteiger partial charge in [0.05, 0.1) is 5.69 Å². The first-order chi connectivity index (χ1) is 9.69. The molecule has 0 aliphatic carbocycles. The first-order valence-corrected chi connectivity index (χ1v) is 6.67. The summed E-state index contributed by atoms with van der Waals surface area (Å²) in [6.07, 6.45) is 2.63. The minimum atomic E-state index is -0.0326. The zero-order chi connectivity index (χ0) is 14.4. The maximum atomic E-state index is 11.3. The fourth-order valence-corrected chi connectivity index (χ4v) is 1.80. The molecule has 2 aromatic rings. The Hall–Kier alpha value is -2.14. The van der Waals surface area contributed by atoms with Crippen LogP contribution in [0.3, 0.4) is 0 Å². The summed E-state index contributed by atoms with van der Waals surface area (Å²) in [7, 11) is 0. The molecule has 5 nitrogen and oxygen atoms in total. The third-order valence-electron chi connectivity index (χ3n) is 2.92. The van der Waals surface area contributed by atoms with Gasteiger partial charge in [-0.15, -0.1) is 0 Å². The van der Waals surface area contributed by atoms with Crippen molar-refractivity contribution in [2.24, 2.45) is 5.73 Å². The molecule has 3 N–H and O–H groups in total. The number of nitrogens with one attached hydrogen (secondary N) is 1. The van der Waals surface area contributed by atoms with Crippen LogP contribution >= 0.6 is 0 Å². The topological polar surface area (TPSA) is 81.2 Å². The van der Waals surface area contributed by atoms with E-state index in [1.165, 1.54) is 5.56 Å². The van der Waals surface area contributed by atoms with Crippen LogP contribution in [0.5, 0.6) is 0 Å². The summed E-state index contributed by atoms with van der Waals surface area (Å²) >= 11 is 0. The molecule has 1 amide bonds. The van der Waals surface area contributed by atoms with Gasteiger partial charge >= 0.3 is 0 Å². The van der Waals surface area contributed by atoms with Crippen LogP contribution in [0.25, 0.3) is 11.5 Å². The summed E-state index contributed by atoms with van der Waals surface area (Å²) in [4.78, 5) is 15.7. The standard InChI is InChI=1S/C15H19N3O2/c1-11-2-4-12(5-3-11)15-18-13(10-20-15)7-9-17-14(19)6-8-16/h2-5,10H,6-9,16H2,1H3,(H,17,19). The summed E-state index contributed by atoms with van der Waals surface area (Å²) in [6.45, 7) is 2.95. The molecule has 5 heteroatoms. The van der Waals surface area contributed by atoms with Gasteiger partial charge in [0.1, 0.15) is 6.26 Å². The smallest absolute Gasteiger partial charge is 0.226 e. The van der Waals surface area contributed by atoms with E-state index in [1.54, 1.807) is 6.26 Å². The molecule has 0 unspecified atom stereocenters. The van der Waals surface area contributed by atoms with Crippen molar-refractivity contribution in [2.75, 3.05) is 13.1 Å². The van der Waals surface area contributed by atoms with Gasteiger partial charge in [0.2, 0.25) is 11.8 Å². The molecule has 20 heavy (non-hydrogen) atoms. The van der Waals surface area contributed by atoms with E-state index in [9.17, 15) is 4.79 Å². The Morgan fingerprint density at radius 2 is 2.10 bits per heavy atom. The second-order valence-corrected chi connectivity index (χ2v) is 4.65. The first-order valence-electron chi connectivity index (χ1n) is 6.67. The van der Waals surface area contributed by atoms with Gasteiger partial charge in [-0.2, -0.15) is 0 Å². The van der Waals surface area contributed by atoms with Crippen LogP contribution in [0.4, 0.5) is 0 Å². The van der Waals surface area contributed by atoms with Crippen molar-refractivity contribution in [3.63, 3.8) is 0 Å². The molecular weight excluding hydrogens is 254 g/mol. The summed E-state index contributed by atoms with van der Waals surface area (Å²) in [5, 5.41) is 2.79. The van der Waals surface area contributed by atoms with Crippen LogP contribution in [0.2, 0.25) is 0 Å². The molecule has 0 saturated heterocycles. The molecule has 106 valence electrons. The van der Waals surface area contributed by atoms with Crippen LogP contribution in [0.1, 0.15) is 17.7 Å². The van der Waals surface area contributed by atoms with E-state index in [1.807, 2.05) is 31.2 Å². The quantitative estimate of drug-likeness (QED) is 0.838. The lowest BCUT2D eigenvalue weighted by atomic mass is 10.1. The molecule has 1 heterocycles. The lowest BCUT2D eigenvalue weighted by Gasteiger charge is -2.01. The summed E-state index contributed by atoms with van der Waals surface area (Å²) in [6, 6.07) is 8.00. The van der Waals surface area contributed by atoms with E-state index in [4.69, 9.17) is 10.2 Å². The molecule has 2 rings (SSSR count). The Labute approximate surface area is 118 Å². The number of aryl methyl sites for hydroxylation is 1. The van der Waals surface area contributed by atoms with E-state index in [2.05, 4.69) is 10.3 Å². The highest BCUT2D eigenvalue weighted by molar-refractivity contribution is 5.75. The van der Waals surface area contributed by atoms with E-state index >= 15 is 0 Å². The van der Waals surface area contributed by atoms with Gasteiger partial charge in [-0.1, -0.05) is 17.7 Å². The highest BCUT2D eigenvalue weighted by Gasteiger charge is 2.07. The fourth-order valence-electron chi connectivity index (χ4n) is 1.80. The molecule has 0 spiro atoms. The van der Waals surface area contributed by atoms with E-state index in [0.717, 1.165) is 11.3 Å². The first kappa shape index (κ1) is 14.3. The van der Waals surface area contributed by atoms with Gasteiger partial charge in [-0.25, -0.2) is 4.98 Å². The van der Waals surface area contributed by atoms with Gasteiger partial charge in [0.15, 0.2) is 0 Å². The van der Waals surface area contributed by atoms with E-state index in [-0.39, 0.29) is 5.91 Å². The SMILES string of the molecule is Cc1ccc(-c2nc(CCNC(=O)CCN)co2)cc1. The van der Waals surface area contributed by atoms with Gasteiger partial charge in [0, 0.05) is 31.5 Å². The summed E-state index contributed by atoms with van der Waals surface area (Å²) in [5.41, 5.74) is 8.28. The largest absolute Gasteiger partial charge is 0.444 e. The number of nitrogens with two attached hydrogens (primary N) is 1. The number of benzene rings is 1. The van der Waals surface area contributed by atoms with Gasteiger partial charge in [-0.05, 0) is 19.1 Å². The highest BCUT2D eigenvalue weighted by atomic mass is 16.3. The molecule has 0 aliphatic rings. The molecule has 0 fully saturated rings. The van der Waals surface area contributed by atoms with Crippen LogP contribution in [-0.4, -0.2) is 24.0 Å². The van der Waals surface area contributed by atoms with Gasteiger partial charge in [0.25, 0.3) is 0 Å². The molecule has 1 aromatic carbocycles. The highest BCUT2D eigenvalue weighted by Crippen LogP contribution is 2.19. The Bertz CT molecular complexity index is 561. The number of carbonyl (C=O) groups excluding carboxylic acids is 1. The second-order valence-electron chi connectivity index (χ2n) is 4.65. The van der Waals surface area contributed by atoms with Gasteiger partial charge in [-0.3, -0.25) is 4.79 Å². The van der Waals surface area contributed by atoms with Crippen molar-refractivity contribution in [1.82, 2.24) is 10.3 Å². The van der Waals surface area contributed by atoms with Crippen LogP contribution in [0, 0.1) is 6.92 Å². The molecular formula is C15H19N3O2. The molecule has 0 bridgehead atoms. The van der Waals surface area contributed by atoms with Gasteiger partial charge < -0.3 is 15.5 Å². The lowest BCUT2D eigenvalue weighted by Crippen LogP contribution is -2.27. The molecule has 1 aromatic heterocycles. The van der Waals surface area contributed by atoms with Crippen molar-refractivity contribution in [2.45, 2.75) is 19.8 Å². The zero-order valence-electron chi connectivity index (χ0n) is 11.6. The zero-order valence-corrected chi connectivity index (χ0v) is 11.6. The number of carbonyl (C=O) groups is 1. The average molecular weight is 273 g/mol. The fraction of sp³-hybridized carbons (Fsp3) is 0.333. The van der Waals surface area contributed by atoms with Crippen LogP contribution in [-0.2, 0) is 11.2 Å². The third kappa shape index (κ3) is 3.93. The Morgan fingerprint density at radius 1 is 1.35 bits per heavy atom. The Kier molecular flexibility index (Phi) is 4.90. The molecule has 0 radical (unpaired) electrons. The minimum absolute atomic E-state index is 0.0326. The minimum Gasteiger partial charge on any atom is -0.444 e. The van der Waals surface area contributed by atoms with Crippen molar-refractivity contribution in [3.8, 4) is 11.5 Å². The predicted molar refractivity (Wildman–Crippen MR) is 77.1 cm³/mol. The number of rotatable bonds is 6. The number of oxazole rings is 1. The second kappa shape index (κ2) is 6.86. The molecule has 0 aliphatic heterocycles. The lowest BCUT2D eigenvalue weighted by molar-refractivity contribution is -0.120. The number of aromatic nitrogens is 1. The number of hydrogen-bond acceptors (Lipinski definition) is 4. The van der Waals surface area contributed by atoms with Crippen molar-refractivity contribution >= 4 is 5.91 Å². The number of hydrogen-bond donors (Lipinski definition) is 2. The van der Waals surface area contributed by atoms with Crippen LogP contribution in [0.15, 0.2) is 34.9 Å². The monoisotopic (exact) mass is 273 g/mol. The number of nitrogens with zero attached hydrogens (tertiary/aromatic N) is 1. The van der Waals surface area contributed by atoms with Crippen molar-refractivity contribution in [3.05, 3.63) is 41.8 Å². The molecule has 0 atom stereocenters. The number of amides is 1. The normalized spacial score (nSPS) is 10.5. The molecule has 0 saturated carbocycles. The van der Waals surface area contributed by atoms with E-state index in [0.29, 0.717) is 31.8 Å². The third-order valence-corrected chi connectivity index (χ3v) is 2.92. The Balaban J connectivity index is 1.89. The predicted octanol–water partition coefficient (Wildman–Crippen LogP) is 1.66. The van der Waals surface area contributed by atoms with Crippen molar-refractivity contribution in [1.29, 1.82) is 0 Å². The summed E-state index contributed by atoms with van der Waals surface area (Å²) < 4.78 is 5.45.